The molecule has 5 nitrogen and oxygen atoms in total. The van der Waals surface area contributed by atoms with Crippen molar-refractivity contribution in [3.63, 3.8) is 0 Å². The van der Waals surface area contributed by atoms with E-state index in [0.717, 1.165) is 24.5 Å². The van der Waals surface area contributed by atoms with Gasteiger partial charge in [-0.2, -0.15) is 0 Å². The van der Waals surface area contributed by atoms with Gasteiger partial charge in [-0.15, -0.1) is 0 Å². The summed E-state index contributed by atoms with van der Waals surface area (Å²) < 4.78 is 5.34. The van der Waals surface area contributed by atoms with E-state index < -0.39 is 0 Å². The van der Waals surface area contributed by atoms with E-state index in [1.807, 2.05) is 45.3 Å². The predicted octanol–water partition coefficient (Wildman–Crippen LogP) is 1.17. The van der Waals surface area contributed by atoms with Crippen LogP contribution in [0.2, 0.25) is 0 Å². The minimum atomic E-state index is -0.0390. The van der Waals surface area contributed by atoms with Crippen molar-refractivity contribution in [1.82, 2.24) is 10.2 Å². The number of benzene rings is 1. The minimum absolute atomic E-state index is 0.0390. The lowest BCUT2D eigenvalue weighted by Crippen LogP contribution is -2.33. The zero-order valence-corrected chi connectivity index (χ0v) is 11.9. The number of hydrogen-bond acceptors (Lipinski definition) is 4. The van der Waals surface area contributed by atoms with Crippen LogP contribution in [-0.4, -0.2) is 51.1 Å². The highest BCUT2D eigenvalue weighted by Gasteiger charge is 2.02. The Hall–Kier alpha value is -1.59. The number of carbonyl (C=O) groups is 1. The highest BCUT2D eigenvalue weighted by molar-refractivity contribution is 5.92. The average Bonchev–Trinajstić information content (AvgIpc) is 2.37. The molecule has 1 rings (SSSR count). The van der Waals surface area contributed by atoms with Gasteiger partial charge in [0.2, 0.25) is 5.91 Å². The number of hydrogen-bond donors (Lipinski definition) is 2. The van der Waals surface area contributed by atoms with Crippen molar-refractivity contribution in [3.05, 3.63) is 24.3 Å². The van der Waals surface area contributed by atoms with Crippen molar-refractivity contribution in [1.29, 1.82) is 0 Å². The molecule has 0 aromatic heterocycles. The number of likely N-dealkylation sites (N-methyl/N-ethyl adjacent to an activating group) is 1. The molecule has 1 aromatic carbocycles. The monoisotopic (exact) mass is 265 g/mol. The van der Waals surface area contributed by atoms with E-state index in [4.69, 9.17) is 4.74 Å². The molecule has 0 aliphatic rings. The van der Waals surface area contributed by atoms with Gasteiger partial charge in [0.05, 0.1) is 13.2 Å². The van der Waals surface area contributed by atoms with Crippen molar-refractivity contribution < 1.29 is 9.53 Å². The molecule has 0 aliphatic heterocycles. The molecule has 1 aromatic rings. The summed E-state index contributed by atoms with van der Waals surface area (Å²) >= 11 is 0. The highest BCUT2D eigenvalue weighted by atomic mass is 16.5. The molecule has 0 saturated carbocycles. The molecular formula is C14H23N3O2. The molecule has 0 atom stereocenters. The lowest BCUT2D eigenvalue weighted by Gasteiger charge is -2.10. The fraction of sp³-hybridized carbons (Fsp3) is 0.500. The molecule has 0 heterocycles. The Kier molecular flexibility index (Phi) is 6.92. The molecule has 0 radical (unpaired) electrons. The molecule has 19 heavy (non-hydrogen) atoms. The second kappa shape index (κ2) is 8.50. The maximum absolute atomic E-state index is 11.6. The van der Waals surface area contributed by atoms with Crippen molar-refractivity contribution in [2.75, 3.05) is 45.7 Å². The fourth-order valence-corrected chi connectivity index (χ4v) is 1.51. The fourth-order valence-electron chi connectivity index (χ4n) is 1.51. The molecule has 2 N–H and O–H groups in total. The third-order valence-electron chi connectivity index (χ3n) is 2.47. The van der Waals surface area contributed by atoms with E-state index in [9.17, 15) is 4.79 Å². The Morgan fingerprint density at radius 1 is 1.26 bits per heavy atom. The molecule has 0 unspecified atom stereocenters. The first kappa shape index (κ1) is 15.5. The average molecular weight is 265 g/mol. The Labute approximate surface area is 114 Å². The highest BCUT2D eigenvalue weighted by Crippen LogP contribution is 2.15. The maximum atomic E-state index is 11.6. The van der Waals surface area contributed by atoms with Crippen LogP contribution in [0.5, 0.6) is 5.75 Å². The molecule has 5 heteroatoms. The van der Waals surface area contributed by atoms with Crippen LogP contribution in [0.1, 0.15) is 6.92 Å². The normalized spacial score (nSPS) is 10.5. The third kappa shape index (κ3) is 6.79. The lowest BCUT2D eigenvalue weighted by molar-refractivity contribution is -0.115. The number of ether oxygens (including phenoxy) is 1. The van der Waals surface area contributed by atoms with E-state index in [0.29, 0.717) is 13.2 Å². The summed E-state index contributed by atoms with van der Waals surface area (Å²) in [4.78, 5) is 13.7. The Morgan fingerprint density at radius 2 is 1.95 bits per heavy atom. The van der Waals surface area contributed by atoms with Gasteiger partial charge in [0.15, 0.2) is 0 Å². The zero-order valence-electron chi connectivity index (χ0n) is 11.9. The molecular weight excluding hydrogens is 242 g/mol. The second-order valence-corrected chi connectivity index (χ2v) is 4.49. The number of nitrogens with zero attached hydrogens (tertiary/aromatic N) is 1. The van der Waals surface area contributed by atoms with E-state index >= 15 is 0 Å². The molecule has 0 aliphatic carbocycles. The van der Waals surface area contributed by atoms with E-state index in [1.165, 1.54) is 0 Å². The molecule has 0 bridgehead atoms. The van der Waals surface area contributed by atoms with Gasteiger partial charge >= 0.3 is 0 Å². The SMILES string of the molecule is CCOc1ccc(NC(=O)CNCCN(C)C)cc1. The molecule has 1 amide bonds. The van der Waals surface area contributed by atoms with Gasteiger partial charge in [0.25, 0.3) is 0 Å². The summed E-state index contributed by atoms with van der Waals surface area (Å²) in [6, 6.07) is 7.36. The third-order valence-corrected chi connectivity index (χ3v) is 2.47. The van der Waals surface area contributed by atoms with Crippen LogP contribution in [0.4, 0.5) is 5.69 Å². The number of anilines is 1. The summed E-state index contributed by atoms with van der Waals surface area (Å²) in [5, 5.41) is 5.92. The first-order chi connectivity index (χ1) is 9.11. The van der Waals surface area contributed by atoms with Crippen LogP contribution in [-0.2, 0) is 4.79 Å². The van der Waals surface area contributed by atoms with Gasteiger partial charge in [-0.05, 0) is 45.3 Å². The first-order valence-corrected chi connectivity index (χ1v) is 6.50. The van der Waals surface area contributed by atoms with Gasteiger partial charge in [-0.1, -0.05) is 0 Å². The van der Waals surface area contributed by atoms with Gasteiger partial charge < -0.3 is 20.3 Å². The summed E-state index contributed by atoms with van der Waals surface area (Å²) in [5.74, 6) is 0.771. The van der Waals surface area contributed by atoms with Gasteiger partial charge in [0.1, 0.15) is 5.75 Å². The lowest BCUT2D eigenvalue weighted by atomic mass is 10.3. The van der Waals surface area contributed by atoms with Gasteiger partial charge in [0, 0.05) is 18.8 Å². The number of amides is 1. The molecule has 0 spiro atoms. The van der Waals surface area contributed by atoms with Crippen LogP contribution in [0, 0.1) is 0 Å². The summed E-state index contributed by atoms with van der Waals surface area (Å²) in [6.45, 7) is 4.61. The van der Waals surface area contributed by atoms with Crippen LogP contribution >= 0.6 is 0 Å². The molecule has 0 saturated heterocycles. The summed E-state index contributed by atoms with van der Waals surface area (Å²) in [6.07, 6.45) is 0. The maximum Gasteiger partial charge on any atom is 0.238 e. The van der Waals surface area contributed by atoms with E-state index in [-0.39, 0.29) is 5.91 Å². The van der Waals surface area contributed by atoms with Crippen molar-refractivity contribution in [2.45, 2.75) is 6.92 Å². The number of rotatable bonds is 8. The first-order valence-electron chi connectivity index (χ1n) is 6.50. The minimum Gasteiger partial charge on any atom is -0.494 e. The van der Waals surface area contributed by atoms with Crippen molar-refractivity contribution >= 4 is 11.6 Å². The van der Waals surface area contributed by atoms with Crippen molar-refractivity contribution in [2.24, 2.45) is 0 Å². The standard InChI is InChI=1S/C14H23N3O2/c1-4-19-13-7-5-12(6-8-13)16-14(18)11-15-9-10-17(2)3/h5-8,15H,4,9-11H2,1-3H3,(H,16,18). The van der Waals surface area contributed by atoms with Crippen LogP contribution in [0.25, 0.3) is 0 Å². The predicted molar refractivity (Wildman–Crippen MR) is 77.7 cm³/mol. The van der Waals surface area contributed by atoms with E-state index in [1.54, 1.807) is 0 Å². The zero-order chi connectivity index (χ0) is 14.1. The largest absolute Gasteiger partial charge is 0.494 e. The molecule has 106 valence electrons. The van der Waals surface area contributed by atoms with E-state index in [2.05, 4.69) is 15.5 Å². The quantitative estimate of drug-likeness (QED) is 0.693. The topological polar surface area (TPSA) is 53.6 Å². The van der Waals surface area contributed by atoms with Gasteiger partial charge in [-0.3, -0.25) is 4.79 Å². The Bertz CT molecular complexity index is 377. The smallest absolute Gasteiger partial charge is 0.238 e. The van der Waals surface area contributed by atoms with Crippen molar-refractivity contribution in [3.8, 4) is 5.75 Å². The van der Waals surface area contributed by atoms with Crippen LogP contribution in [0.3, 0.4) is 0 Å². The van der Waals surface area contributed by atoms with Gasteiger partial charge in [-0.25, -0.2) is 0 Å². The van der Waals surface area contributed by atoms with Crippen LogP contribution in [0.15, 0.2) is 24.3 Å². The second-order valence-electron chi connectivity index (χ2n) is 4.49. The Morgan fingerprint density at radius 3 is 2.53 bits per heavy atom. The number of carbonyl (C=O) groups excluding carboxylic acids is 1. The summed E-state index contributed by atoms with van der Waals surface area (Å²) in [7, 11) is 4.00. The summed E-state index contributed by atoms with van der Waals surface area (Å²) in [5.41, 5.74) is 0.780. The number of nitrogens with one attached hydrogen (secondary N) is 2. The molecule has 0 fully saturated rings. The Balaban J connectivity index is 2.27. The van der Waals surface area contributed by atoms with Crippen LogP contribution < -0.4 is 15.4 Å².